The van der Waals surface area contributed by atoms with E-state index in [4.69, 9.17) is 10.5 Å². The van der Waals surface area contributed by atoms with Crippen LogP contribution in [0, 0.1) is 0 Å². The molecule has 0 aliphatic rings. The SMILES string of the molecule is COC(=O)/C(=C/c1cncnc1N)NC(=O)OC(C)(C)C. The minimum absolute atomic E-state index is 0.131. The summed E-state index contributed by atoms with van der Waals surface area (Å²) in [4.78, 5) is 31.0. The highest BCUT2D eigenvalue weighted by molar-refractivity contribution is 5.97. The summed E-state index contributed by atoms with van der Waals surface area (Å²) in [6, 6.07) is 0. The molecule has 0 aliphatic heterocycles. The number of aromatic nitrogens is 2. The molecule has 21 heavy (non-hydrogen) atoms. The van der Waals surface area contributed by atoms with Crippen molar-refractivity contribution in [3.8, 4) is 0 Å². The van der Waals surface area contributed by atoms with Gasteiger partial charge < -0.3 is 15.2 Å². The average Bonchev–Trinajstić information content (AvgIpc) is 2.37. The molecular weight excluding hydrogens is 276 g/mol. The van der Waals surface area contributed by atoms with Crippen molar-refractivity contribution in [3.63, 3.8) is 0 Å². The topological polar surface area (TPSA) is 116 Å². The second-order valence-electron chi connectivity index (χ2n) is 5.04. The number of ether oxygens (including phenoxy) is 2. The third kappa shape index (κ3) is 5.47. The van der Waals surface area contributed by atoms with Crippen molar-refractivity contribution in [3.05, 3.63) is 23.8 Å². The monoisotopic (exact) mass is 294 g/mol. The van der Waals surface area contributed by atoms with Crippen LogP contribution in [0.1, 0.15) is 26.3 Å². The van der Waals surface area contributed by atoms with Gasteiger partial charge in [-0.25, -0.2) is 19.6 Å². The summed E-state index contributed by atoms with van der Waals surface area (Å²) in [6.45, 7) is 5.12. The first kappa shape index (κ1) is 16.4. The van der Waals surface area contributed by atoms with E-state index in [-0.39, 0.29) is 11.5 Å². The molecule has 0 aromatic carbocycles. The Hall–Kier alpha value is -2.64. The predicted octanol–water partition coefficient (Wildman–Crippen LogP) is 1.10. The van der Waals surface area contributed by atoms with Crippen LogP contribution in [0.15, 0.2) is 18.2 Å². The number of carbonyl (C=O) groups excluding carboxylic acids is 2. The van der Waals surface area contributed by atoms with E-state index in [1.807, 2.05) is 0 Å². The third-order valence-electron chi connectivity index (χ3n) is 2.11. The summed E-state index contributed by atoms with van der Waals surface area (Å²) in [7, 11) is 1.19. The van der Waals surface area contributed by atoms with Crippen molar-refractivity contribution in [2.24, 2.45) is 0 Å². The van der Waals surface area contributed by atoms with E-state index < -0.39 is 17.7 Å². The van der Waals surface area contributed by atoms with E-state index in [2.05, 4.69) is 20.0 Å². The lowest BCUT2D eigenvalue weighted by atomic mass is 10.2. The molecule has 1 aromatic rings. The van der Waals surface area contributed by atoms with Gasteiger partial charge in [0.05, 0.1) is 7.11 Å². The number of hydrogen-bond donors (Lipinski definition) is 2. The van der Waals surface area contributed by atoms with Crippen LogP contribution in [-0.4, -0.2) is 34.7 Å². The number of methoxy groups -OCH3 is 1. The lowest BCUT2D eigenvalue weighted by molar-refractivity contribution is -0.136. The zero-order valence-electron chi connectivity index (χ0n) is 12.3. The van der Waals surface area contributed by atoms with Gasteiger partial charge in [-0.15, -0.1) is 0 Å². The molecule has 1 amide bonds. The Morgan fingerprint density at radius 1 is 1.38 bits per heavy atom. The van der Waals surface area contributed by atoms with Gasteiger partial charge in [0.1, 0.15) is 23.4 Å². The maximum atomic E-state index is 11.7. The number of rotatable bonds is 3. The van der Waals surface area contributed by atoms with Gasteiger partial charge in [0.2, 0.25) is 0 Å². The van der Waals surface area contributed by atoms with Crippen LogP contribution < -0.4 is 11.1 Å². The van der Waals surface area contributed by atoms with Gasteiger partial charge in [-0.05, 0) is 26.8 Å². The molecule has 0 spiro atoms. The van der Waals surface area contributed by atoms with Crippen LogP contribution in [0.25, 0.3) is 6.08 Å². The van der Waals surface area contributed by atoms with Crippen molar-refractivity contribution in [1.82, 2.24) is 15.3 Å². The second-order valence-corrected chi connectivity index (χ2v) is 5.04. The molecule has 0 radical (unpaired) electrons. The number of nitrogens with zero attached hydrogens (tertiary/aromatic N) is 2. The summed E-state index contributed by atoms with van der Waals surface area (Å²) in [6.07, 6.45) is 3.20. The smallest absolute Gasteiger partial charge is 0.412 e. The van der Waals surface area contributed by atoms with E-state index in [1.165, 1.54) is 25.7 Å². The fraction of sp³-hybridized carbons (Fsp3) is 0.385. The predicted molar refractivity (Wildman–Crippen MR) is 75.8 cm³/mol. The molecule has 1 rings (SSSR count). The highest BCUT2D eigenvalue weighted by Crippen LogP contribution is 2.12. The zero-order valence-corrected chi connectivity index (χ0v) is 12.3. The number of hydrogen-bond acceptors (Lipinski definition) is 7. The van der Waals surface area contributed by atoms with Crippen LogP contribution in [0.3, 0.4) is 0 Å². The number of nitrogens with two attached hydrogens (primary N) is 1. The van der Waals surface area contributed by atoms with E-state index >= 15 is 0 Å². The molecule has 0 saturated heterocycles. The Kier molecular flexibility index (Phi) is 5.23. The van der Waals surface area contributed by atoms with Gasteiger partial charge in [0.15, 0.2) is 0 Å². The first-order chi connectivity index (χ1) is 9.73. The van der Waals surface area contributed by atoms with Gasteiger partial charge in [-0.3, -0.25) is 5.32 Å². The summed E-state index contributed by atoms with van der Waals surface area (Å²) in [5, 5.41) is 2.31. The van der Waals surface area contributed by atoms with Gasteiger partial charge in [0.25, 0.3) is 0 Å². The van der Waals surface area contributed by atoms with Crippen molar-refractivity contribution < 1.29 is 19.1 Å². The number of nitrogen functional groups attached to an aromatic ring is 1. The Bertz CT molecular complexity index is 564. The molecule has 0 atom stereocenters. The molecule has 8 heteroatoms. The molecule has 1 heterocycles. The first-order valence-corrected chi connectivity index (χ1v) is 6.08. The zero-order chi connectivity index (χ0) is 16.0. The summed E-state index contributed by atoms with van der Waals surface area (Å²) in [5.41, 5.74) is 5.20. The number of nitrogens with one attached hydrogen (secondary N) is 1. The van der Waals surface area contributed by atoms with E-state index in [1.54, 1.807) is 20.8 Å². The van der Waals surface area contributed by atoms with Crippen molar-refractivity contribution in [1.29, 1.82) is 0 Å². The maximum Gasteiger partial charge on any atom is 0.412 e. The van der Waals surface area contributed by atoms with Crippen LogP contribution in [-0.2, 0) is 14.3 Å². The van der Waals surface area contributed by atoms with Crippen molar-refractivity contribution in [2.45, 2.75) is 26.4 Å². The Morgan fingerprint density at radius 3 is 2.57 bits per heavy atom. The van der Waals surface area contributed by atoms with Gasteiger partial charge in [0, 0.05) is 11.8 Å². The molecule has 0 aliphatic carbocycles. The molecule has 0 saturated carbocycles. The van der Waals surface area contributed by atoms with Crippen LogP contribution in [0.2, 0.25) is 0 Å². The number of anilines is 1. The van der Waals surface area contributed by atoms with Crippen LogP contribution in [0.4, 0.5) is 10.6 Å². The molecule has 3 N–H and O–H groups in total. The van der Waals surface area contributed by atoms with Gasteiger partial charge >= 0.3 is 12.1 Å². The molecule has 114 valence electrons. The lowest BCUT2D eigenvalue weighted by Crippen LogP contribution is -2.34. The molecule has 0 bridgehead atoms. The van der Waals surface area contributed by atoms with E-state index in [9.17, 15) is 9.59 Å². The standard InChI is InChI=1S/C13H18N4O4/c1-13(2,3)21-12(19)17-9(11(18)20-4)5-8-6-15-7-16-10(8)14/h5-7H,1-4H3,(H,17,19)(H2,14,15,16)/b9-5-. The number of alkyl carbamates (subject to hydrolysis) is 1. The van der Waals surface area contributed by atoms with Crippen molar-refractivity contribution >= 4 is 24.0 Å². The Balaban J connectivity index is 3.00. The fourth-order valence-electron chi connectivity index (χ4n) is 1.29. The molecule has 8 nitrogen and oxygen atoms in total. The molecule has 1 aromatic heterocycles. The first-order valence-electron chi connectivity index (χ1n) is 6.08. The quantitative estimate of drug-likeness (QED) is 0.633. The summed E-state index contributed by atoms with van der Waals surface area (Å²) >= 11 is 0. The largest absolute Gasteiger partial charge is 0.464 e. The van der Waals surface area contributed by atoms with Crippen LogP contribution in [0.5, 0.6) is 0 Å². The number of amides is 1. The van der Waals surface area contributed by atoms with Crippen molar-refractivity contribution in [2.75, 3.05) is 12.8 Å². The molecule has 0 unspecified atom stereocenters. The normalized spacial score (nSPS) is 11.7. The molecular formula is C13H18N4O4. The summed E-state index contributed by atoms with van der Waals surface area (Å²) < 4.78 is 9.67. The van der Waals surface area contributed by atoms with E-state index in [0.29, 0.717) is 5.56 Å². The van der Waals surface area contributed by atoms with Crippen LogP contribution >= 0.6 is 0 Å². The second kappa shape index (κ2) is 6.69. The minimum Gasteiger partial charge on any atom is -0.464 e. The summed E-state index contributed by atoms with van der Waals surface area (Å²) in [5.74, 6) is -0.582. The highest BCUT2D eigenvalue weighted by Gasteiger charge is 2.20. The molecule has 0 fully saturated rings. The lowest BCUT2D eigenvalue weighted by Gasteiger charge is -2.20. The highest BCUT2D eigenvalue weighted by atomic mass is 16.6. The minimum atomic E-state index is -0.783. The Morgan fingerprint density at radius 2 is 2.05 bits per heavy atom. The van der Waals surface area contributed by atoms with Gasteiger partial charge in [-0.2, -0.15) is 0 Å². The third-order valence-corrected chi connectivity index (χ3v) is 2.11. The van der Waals surface area contributed by atoms with E-state index in [0.717, 1.165) is 0 Å². The van der Waals surface area contributed by atoms with Gasteiger partial charge in [-0.1, -0.05) is 0 Å². The fourth-order valence-corrected chi connectivity index (χ4v) is 1.29. The maximum absolute atomic E-state index is 11.7. The number of esters is 1. The Labute approximate surface area is 122 Å². The number of carbonyl (C=O) groups is 2. The average molecular weight is 294 g/mol.